The number of piperidine rings is 1. The molecule has 0 aromatic heterocycles. The summed E-state index contributed by atoms with van der Waals surface area (Å²) in [5.74, 6) is 0.547. The van der Waals surface area contributed by atoms with Crippen LogP contribution in [0.25, 0.3) is 0 Å². The number of aryl methyl sites for hydroxylation is 1. The first kappa shape index (κ1) is 22.0. The quantitative estimate of drug-likeness (QED) is 0.410. The van der Waals surface area contributed by atoms with Gasteiger partial charge in [-0.05, 0) is 37.5 Å². The van der Waals surface area contributed by atoms with Crippen LogP contribution in [0.1, 0.15) is 39.2 Å². The molecule has 1 saturated heterocycles. The van der Waals surface area contributed by atoms with Gasteiger partial charge >= 0.3 is 0 Å². The lowest BCUT2D eigenvalue weighted by atomic mass is 9.96. The summed E-state index contributed by atoms with van der Waals surface area (Å²) < 4.78 is 14.2. The van der Waals surface area contributed by atoms with Crippen molar-refractivity contribution in [3.8, 4) is 0 Å². The molecule has 6 nitrogen and oxygen atoms in total. The first-order chi connectivity index (χ1) is 13.2. The van der Waals surface area contributed by atoms with E-state index in [1.807, 2.05) is 33.8 Å². The number of hydrogen-bond donors (Lipinski definition) is 3. The van der Waals surface area contributed by atoms with Crippen LogP contribution in [0.15, 0.2) is 23.2 Å². The molecule has 1 aromatic rings. The minimum absolute atomic E-state index is 0.0281. The van der Waals surface area contributed by atoms with Crippen molar-refractivity contribution in [2.24, 2.45) is 10.4 Å². The van der Waals surface area contributed by atoms with E-state index >= 15 is 0 Å². The van der Waals surface area contributed by atoms with E-state index in [4.69, 9.17) is 0 Å². The third-order valence-electron chi connectivity index (χ3n) is 4.81. The minimum atomic E-state index is -0.392. The highest BCUT2D eigenvalue weighted by Gasteiger charge is 2.23. The lowest BCUT2D eigenvalue weighted by Crippen LogP contribution is -2.52. The van der Waals surface area contributed by atoms with Crippen LogP contribution in [0.2, 0.25) is 0 Å². The third kappa shape index (κ3) is 6.39. The SMILES string of the molecule is CN=C(NCCNC(=O)C(C)(C)C)NC1CCCN(c2cc(C)ccc2F)C1. The van der Waals surface area contributed by atoms with E-state index in [1.54, 1.807) is 13.1 Å². The molecule has 0 aliphatic carbocycles. The van der Waals surface area contributed by atoms with Crippen LogP contribution in [0, 0.1) is 18.2 Å². The molecule has 1 heterocycles. The minimum Gasteiger partial charge on any atom is -0.367 e. The van der Waals surface area contributed by atoms with Gasteiger partial charge in [-0.15, -0.1) is 0 Å². The number of carbonyl (C=O) groups excluding carboxylic acids is 1. The number of aliphatic imine (C=N–C) groups is 1. The van der Waals surface area contributed by atoms with E-state index in [2.05, 4.69) is 25.8 Å². The zero-order valence-corrected chi connectivity index (χ0v) is 17.7. The summed E-state index contributed by atoms with van der Waals surface area (Å²) in [7, 11) is 1.73. The third-order valence-corrected chi connectivity index (χ3v) is 4.81. The molecular formula is C21H34FN5O. The average Bonchev–Trinajstić information content (AvgIpc) is 2.65. The lowest BCUT2D eigenvalue weighted by Gasteiger charge is -2.35. The number of hydrogen-bond acceptors (Lipinski definition) is 3. The number of carbonyl (C=O) groups is 1. The van der Waals surface area contributed by atoms with Crippen LogP contribution in [-0.2, 0) is 4.79 Å². The maximum Gasteiger partial charge on any atom is 0.225 e. The fourth-order valence-electron chi connectivity index (χ4n) is 3.19. The summed E-state index contributed by atoms with van der Waals surface area (Å²) in [4.78, 5) is 18.3. The highest BCUT2D eigenvalue weighted by atomic mass is 19.1. The van der Waals surface area contributed by atoms with Crippen LogP contribution in [0.3, 0.4) is 0 Å². The lowest BCUT2D eigenvalue weighted by molar-refractivity contribution is -0.128. The molecule has 0 radical (unpaired) electrons. The van der Waals surface area contributed by atoms with E-state index in [-0.39, 0.29) is 17.8 Å². The van der Waals surface area contributed by atoms with Gasteiger partial charge in [0.25, 0.3) is 0 Å². The van der Waals surface area contributed by atoms with Gasteiger partial charge in [-0.1, -0.05) is 26.8 Å². The van der Waals surface area contributed by atoms with E-state index in [0.29, 0.717) is 24.7 Å². The Balaban J connectivity index is 1.84. The van der Waals surface area contributed by atoms with Crippen molar-refractivity contribution >= 4 is 17.6 Å². The van der Waals surface area contributed by atoms with Gasteiger partial charge in [0.2, 0.25) is 5.91 Å². The van der Waals surface area contributed by atoms with Crippen molar-refractivity contribution in [2.45, 2.75) is 46.6 Å². The summed E-state index contributed by atoms with van der Waals surface area (Å²) in [6.45, 7) is 10.3. The second kappa shape index (κ2) is 9.75. The summed E-state index contributed by atoms with van der Waals surface area (Å²) in [5.41, 5.74) is 1.33. The smallest absolute Gasteiger partial charge is 0.225 e. The fraction of sp³-hybridized carbons (Fsp3) is 0.619. The van der Waals surface area contributed by atoms with Gasteiger partial charge in [0.15, 0.2) is 5.96 Å². The molecule has 1 aromatic carbocycles. The Bertz CT molecular complexity index is 699. The van der Waals surface area contributed by atoms with Crippen LogP contribution >= 0.6 is 0 Å². The fourth-order valence-corrected chi connectivity index (χ4v) is 3.19. The number of amides is 1. The summed E-state index contributed by atoms with van der Waals surface area (Å²) in [6, 6.07) is 5.42. The first-order valence-electron chi connectivity index (χ1n) is 9.97. The Morgan fingerprint density at radius 1 is 1.29 bits per heavy atom. The van der Waals surface area contributed by atoms with Gasteiger partial charge < -0.3 is 20.9 Å². The van der Waals surface area contributed by atoms with Crippen LogP contribution in [0.4, 0.5) is 10.1 Å². The second-order valence-electron chi connectivity index (χ2n) is 8.39. The van der Waals surface area contributed by atoms with Crippen molar-refractivity contribution in [3.63, 3.8) is 0 Å². The van der Waals surface area contributed by atoms with Gasteiger partial charge in [-0.3, -0.25) is 9.79 Å². The number of anilines is 1. The van der Waals surface area contributed by atoms with Gasteiger partial charge in [0, 0.05) is 44.7 Å². The van der Waals surface area contributed by atoms with Gasteiger partial charge in [0.1, 0.15) is 5.82 Å². The molecule has 156 valence electrons. The molecule has 1 aliphatic heterocycles. The van der Waals surface area contributed by atoms with Crippen LogP contribution in [0.5, 0.6) is 0 Å². The number of benzene rings is 1. The molecule has 0 saturated carbocycles. The molecule has 7 heteroatoms. The van der Waals surface area contributed by atoms with Crippen LogP contribution in [-0.4, -0.2) is 51.1 Å². The first-order valence-corrected chi connectivity index (χ1v) is 9.97. The predicted octanol–water partition coefficient (Wildman–Crippen LogP) is 2.43. The zero-order valence-electron chi connectivity index (χ0n) is 17.7. The molecule has 3 N–H and O–H groups in total. The monoisotopic (exact) mass is 391 g/mol. The normalized spacial score (nSPS) is 18.0. The Morgan fingerprint density at radius 3 is 2.68 bits per heavy atom. The van der Waals surface area contributed by atoms with Gasteiger partial charge in [-0.25, -0.2) is 4.39 Å². The van der Waals surface area contributed by atoms with E-state index in [0.717, 1.165) is 31.5 Å². The van der Waals surface area contributed by atoms with E-state index < -0.39 is 5.41 Å². The number of nitrogens with one attached hydrogen (secondary N) is 3. The highest BCUT2D eigenvalue weighted by molar-refractivity contribution is 5.82. The molecule has 0 spiro atoms. The van der Waals surface area contributed by atoms with Crippen molar-refractivity contribution in [1.29, 1.82) is 0 Å². The van der Waals surface area contributed by atoms with Crippen molar-refractivity contribution in [3.05, 3.63) is 29.6 Å². The zero-order chi connectivity index (χ0) is 20.7. The van der Waals surface area contributed by atoms with E-state index in [9.17, 15) is 9.18 Å². The van der Waals surface area contributed by atoms with Gasteiger partial charge in [0.05, 0.1) is 5.69 Å². The molecule has 1 unspecified atom stereocenters. The van der Waals surface area contributed by atoms with Crippen molar-refractivity contribution < 1.29 is 9.18 Å². The van der Waals surface area contributed by atoms with Crippen molar-refractivity contribution in [1.82, 2.24) is 16.0 Å². The summed E-state index contributed by atoms with van der Waals surface area (Å²) in [6.07, 6.45) is 2.00. The van der Waals surface area contributed by atoms with Crippen molar-refractivity contribution in [2.75, 3.05) is 38.1 Å². The topological polar surface area (TPSA) is 68.8 Å². The predicted molar refractivity (Wildman–Crippen MR) is 113 cm³/mol. The van der Waals surface area contributed by atoms with Gasteiger partial charge in [-0.2, -0.15) is 0 Å². The standard InChI is InChI=1S/C21H34FN5O/c1-15-8-9-17(22)18(13-15)27-12-6-7-16(14-27)26-20(23-5)25-11-10-24-19(28)21(2,3)4/h8-9,13,16H,6-7,10-12,14H2,1-5H3,(H,24,28)(H2,23,25,26). The number of rotatable bonds is 5. The molecule has 1 fully saturated rings. The number of nitrogens with zero attached hydrogens (tertiary/aromatic N) is 2. The Kier molecular flexibility index (Phi) is 7.66. The maximum atomic E-state index is 14.2. The second-order valence-corrected chi connectivity index (χ2v) is 8.39. The Labute approximate surface area is 168 Å². The van der Waals surface area contributed by atoms with Crippen LogP contribution < -0.4 is 20.9 Å². The number of guanidine groups is 1. The highest BCUT2D eigenvalue weighted by Crippen LogP contribution is 2.24. The summed E-state index contributed by atoms with van der Waals surface area (Å²) >= 11 is 0. The molecular weight excluding hydrogens is 357 g/mol. The summed E-state index contributed by atoms with van der Waals surface area (Å²) in [5, 5.41) is 9.56. The number of halogens is 1. The molecule has 1 amide bonds. The molecule has 1 aliphatic rings. The maximum absolute atomic E-state index is 14.2. The average molecular weight is 392 g/mol. The molecule has 1 atom stereocenters. The Hall–Kier alpha value is -2.31. The molecule has 2 rings (SSSR count). The largest absolute Gasteiger partial charge is 0.367 e. The Morgan fingerprint density at radius 2 is 2.00 bits per heavy atom. The molecule has 28 heavy (non-hydrogen) atoms. The molecule has 0 bridgehead atoms. The van der Waals surface area contributed by atoms with E-state index in [1.165, 1.54) is 6.07 Å².